The van der Waals surface area contributed by atoms with Crippen LogP contribution in [0.15, 0.2) is 24.3 Å². The smallest absolute Gasteiger partial charge is 0.220 e. The highest BCUT2D eigenvalue weighted by atomic mass is 16.1. The van der Waals surface area contributed by atoms with E-state index in [2.05, 4.69) is 48.5 Å². The van der Waals surface area contributed by atoms with Gasteiger partial charge in [0.25, 0.3) is 0 Å². The standard InChI is InChI=1S/C18H29N3O/c1-3-21(2)13-16-6-4-5-15(9-16)12-20-18(22)11-14-7-8-17(19)10-14/h4-6,9,14,17H,3,7-8,10-13,19H2,1-2H3,(H,20,22)/t14-,17+/m1/s1. The van der Waals surface area contributed by atoms with Crippen molar-refractivity contribution < 1.29 is 4.79 Å². The summed E-state index contributed by atoms with van der Waals surface area (Å²) in [6.07, 6.45) is 3.76. The molecule has 2 atom stereocenters. The number of nitrogens with one attached hydrogen (secondary N) is 1. The first-order valence-corrected chi connectivity index (χ1v) is 8.35. The molecule has 0 unspecified atom stereocenters. The molecule has 0 saturated heterocycles. The molecule has 0 heterocycles. The second-order valence-electron chi connectivity index (χ2n) is 6.57. The molecule has 1 aromatic rings. The minimum absolute atomic E-state index is 0.148. The summed E-state index contributed by atoms with van der Waals surface area (Å²) in [6.45, 7) is 4.74. The molecule has 4 nitrogen and oxygen atoms in total. The monoisotopic (exact) mass is 303 g/mol. The molecule has 0 bridgehead atoms. The van der Waals surface area contributed by atoms with Crippen LogP contribution in [0.25, 0.3) is 0 Å². The van der Waals surface area contributed by atoms with E-state index in [4.69, 9.17) is 5.73 Å². The van der Waals surface area contributed by atoms with E-state index in [0.717, 1.165) is 32.4 Å². The lowest BCUT2D eigenvalue weighted by atomic mass is 10.0. The molecule has 0 aromatic heterocycles. The average Bonchev–Trinajstić information content (AvgIpc) is 2.90. The quantitative estimate of drug-likeness (QED) is 0.812. The Hall–Kier alpha value is -1.39. The third-order valence-corrected chi connectivity index (χ3v) is 4.53. The first-order chi connectivity index (χ1) is 10.6. The molecule has 1 saturated carbocycles. The topological polar surface area (TPSA) is 58.4 Å². The maximum atomic E-state index is 12.0. The van der Waals surface area contributed by atoms with Crippen LogP contribution in [-0.2, 0) is 17.9 Å². The molecule has 22 heavy (non-hydrogen) atoms. The SMILES string of the molecule is CCN(C)Cc1cccc(CNC(=O)C[C@@H]2CC[C@H](N)C2)c1. The van der Waals surface area contributed by atoms with Crippen LogP contribution in [0.3, 0.4) is 0 Å². The summed E-state index contributed by atoms with van der Waals surface area (Å²) in [5.41, 5.74) is 8.35. The predicted octanol–water partition coefficient (Wildman–Crippen LogP) is 2.27. The van der Waals surface area contributed by atoms with E-state index in [9.17, 15) is 4.79 Å². The van der Waals surface area contributed by atoms with Crippen molar-refractivity contribution in [3.63, 3.8) is 0 Å². The van der Waals surface area contributed by atoms with E-state index in [0.29, 0.717) is 24.9 Å². The number of carbonyl (C=O) groups is 1. The van der Waals surface area contributed by atoms with Crippen molar-refractivity contribution in [2.45, 2.75) is 51.7 Å². The van der Waals surface area contributed by atoms with Gasteiger partial charge in [0.05, 0.1) is 0 Å². The van der Waals surface area contributed by atoms with Gasteiger partial charge in [-0.2, -0.15) is 0 Å². The largest absolute Gasteiger partial charge is 0.352 e. The zero-order valence-electron chi connectivity index (χ0n) is 13.8. The van der Waals surface area contributed by atoms with Crippen molar-refractivity contribution in [1.29, 1.82) is 0 Å². The summed E-state index contributed by atoms with van der Waals surface area (Å²) in [5.74, 6) is 0.620. The molecule has 1 aliphatic carbocycles. The number of carbonyl (C=O) groups excluding carboxylic acids is 1. The molecule has 1 aromatic carbocycles. The lowest BCUT2D eigenvalue weighted by Crippen LogP contribution is -2.25. The summed E-state index contributed by atoms with van der Waals surface area (Å²) in [5, 5.41) is 3.04. The lowest BCUT2D eigenvalue weighted by molar-refractivity contribution is -0.122. The fourth-order valence-corrected chi connectivity index (χ4v) is 3.10. The fraction of sp³-hybridized carbons (Fsp3) is 0.611. The highest BCUT2D eigenvalue weighted by molar-refractivity contribution is 5.76. The maximum absolute atomic E-state index is 12.0. The van der Waals surface area contributed by atoms with Crippen LogP contribution in [0.5, 0.6) is 0 Å². The molecule has 4 heteroatoms. The van der Waals surface area contributed by atoms with Crippen LogP contribution in [0.1, 0.15) is 43.7 Å². The number of hydrogen-bond donors (Lipinski definition) is 2. The molecule has 0 aliphatic heterocycles. The third kappa shape index (κ3) is 5.43. The van der Waals surface area contributed by atoms with Gasteiger partial charge < -0.3 is 16.0 Å². The molecular formula is C18H29N3O. The van der Waals surface area contributed by atoms with E-state index in [1.807, 2.05) is 0 Å². The molecule has 1 amide bonds. The first kappa shape index (κ1) is 17.0. The van der Waals surface area contributed by atoms with Gasteiger partial charge in [-0.1, -0.05) is 31.2 Å². The van der Waals surface area contributed by atoms with Crippen molar-refractivity contribution in [2.75, 3.05) is 13.6 Å². The molecule has 122 valence electrons. The average molecular weight is 303 g/mol. The second kappa shape index (κ2) is 8.30. The Kier molecular flexibility index (Phi) is 6.40. The van der Waals surface area contributed by atoms with Crippen LogP contribution >= 0.6 is 0 Å². The number of hydrogen-bond acceptors (Lipinski definition) is 3. The Labute approximate surface area is 134 Å². The van der Waals surface area contributed by atoms with Crippen LogP contribution in [0.2, 0.25) is 0 Å². The fourth-order valence-electron chi connectivity index (χ4n) is 3.10. The minimum Gasteiger partial charge on any atom is -0.352 e. The van der Waals surface area contributed by atoms with E-state index >= 15 is 0 Å². The highest BCUT2D eigenvalue weighted by Crippen LogP contribution is 2.26. The first-order valence-electron chi connectivity index (χ1n) is 8.35. The van der Waals surface area contributed by atoms with Gasteiger partial charge in [0.1, 0.15) is 0 Å². The summed E-state index contributed by atoms with van der Waals surface area (Å²) >= 11 is 0. The number of nitrogens with zero attached hydrogens (tertiary/aromatic N) is 1. The van der Waals surface area contributed by atoms with Crippen molar-refractivity contribution >= 4 is 5.91 Å². The Morgan fingerprint density at radius 3 is 2.82 bits per heavy atom. The van der Waals surface area contributed by atoms with E-state index in [1.165, 1.54) is 11.1 Å². The van der Waals surface area contributed by atoms with Gasteiger partial charge in [0, 0.05) is 25.6 Å². The van der Waals surface area contributed by atoms with Crippen molar-refractivity contribution in [2.24, 2.45) is 11.7 Å². The Morgan fingerprint density at radius 2 is 2.14 bits per heavy atom. The van der Waals surface area contributed by atoms with Crippen LogP contribution in [-0.4, -0.2) is 30.4 Å². The molecular weight excluding hydrogens is 274 g/mol. The molecule has 0 radical (unpaired) electrons. The van der Waals surface area contributed by atoms with E-state index in [-0.39, 0.29) is 5.91 Å². The number of benzene rings is 1. The summed E-state index contributed by atoms with van der Waals surface area (Å²) in [7, 11) is 2.11. The summed E-state index contributed by atoms with van der Waals surface area (Å²) in [4.78, 5) is 14.3. The third-order valence-electron chi connectivity index (χ3n) is 4.53. The van der Waals surface area contributed by atoms with Crippen molar-refractivity contribution in [3.05, 3.63) is 35.4 Å². The van der Waals surface area contributed by atoms with Gasteiger partial charge in [-0.25, -0.2) is 0 Å². The van der Waals surface area contributed by atoms with Crippen molar-refractivity contribution in [3.8, 4) is 0 Å². The van der Waals surface area contributed by atoms with Gasteiger partial charge >= 0.3 is 0 Å². The van der Waals surface area contributed by atoms with Gasteiger partial charge in [0.2, 0.25) is 5.91 Å². The normalized spacial score (nSPS) is 21.3. The molecule has 1 aliphatic rings. The van der Waals surface area contributed by atoms with Crippen LogP contribution < -0.4 is 11.1 Å². The Morgan fingerprint density at radius 1 is 1.36 bits per heavy atom. The predicted molar refractivity (Wildman–Crippen MR) is 90.2 cm³/mol. The van der Waals surface area contributed by atoms with Gasteiger partial charge in [-0.05, 0) is 49.9 Å². The number of amides is 1. The zero-order valence-corrected chi connectivity index (χ0v) is 13.8. The zero-order chi connectivity index (χ0) is 15.9. The molecule has 1 fully saturated rings. The van der Waals surface area contributed by atoms with Gasteiger partial charge in [0.15, 0.2) is 0 Å². The van der Waals surface area contributed by atoms with Gasteiger partial charge in [-0.15, -0.1) is 0 Å². The van der Waals surface area contributed by atoms with Gasteiger partial charge in [-0.3, -0.25) is 4.79 Å². The molecule has 0 spiro atoms. The molecule has 2 rings (SSSR count). The molecule has 3 N–H and O–H groups in total. The van der Waals surface area contributed by atoms with Crippen LogP contribution in [0, 0.1) is 5.92 Å². The summed E-state index contributed by atoms with van der Waals surface area (Å²) < 4.78 is 0. The van der Waals surface area contributed by atoms with E-state index < -0.39 is 0 Å². The Bertz CT molecular complexity index is 489. The van der Waals surface area contributed by atoms with Crippen molar-refractivity contribution in [1.82, 2.24) is 10.2 Å². The number of rotatable bonds is 7. The number of nitrogens with two attached hydrogens (primary N) is 1. The Balaban J connectivity index is 1.78. The van der Waals surface area contributed by atoms with Crippen LogP contribution in [0.4, 0.5) is 0 Å². The second-order valence-corrected chi connectivity index (χ2v) is 6.57. The highest BCUT2D eigenvalue weighted by Gasteiger charge is 2.23. The lowest BCUT2D eigenvalue weighted by Gasteiger charge is -2.15. The van der Waals surface area contributed by atoms with E-state index in [1.54, 1.807) is 0 Å². The summed E-state index contributed by atoms with van der Waals surface area (Å²) in [6, 6.07) is 8.75. The minimum atomic E-state index is 0.148. The maximum Gasteiger partial charge on any atom is 0.220 e.